The van der Waals surface area contributed by atoms with E-state index in [0.717, 1.165) is 12.8 Å². The third-order valence-electron chi connectivity index (χ3n) is 4.43. The first-order valence-electron chi connectivity index (χ1n) is 8.57. The van der Waals surface area contributed by atoms with E-state index < -0.39 is 10.0 Å². The van der Waals surface area contributed by atoms with Crippen molar-refractivity contribution < 1.29 is 17.9 Å². The quantitative estimate of drug-likeness (QED) is 0.771. The van der Waals surface area contributed by atoms with Gasteiger partial charge in [0, 0.05) is 25.2 Å². The predicted octanol–water partition coefficient (Wildman–Crippen LogP) is 2.65. The van der Waals surface area contributed by atoms with Gasteiger partial charge in [0.2, 0.25) is 10.0 Å². The number of rotatable bonds is 7. The Kier molecular flexibility index (Phi) is 8.47. The molecule has 2 N–H and O–H groups in total. The molecule has 0 aromatic heterocycles. The van der Waals surface area contributed by atoms with Crippen LogP contribution in [0.15, 0.2) is 23.1 Å². The van der Waals surface area contributed by atoms with E-state index in [1.54, 1.807) is 22.5 Å². The van der Waals surface area contributed by atoms with Crippen LogP contribution in [0.4, 0.5) is 0 Å². The van der Waals surface area contributed by atoms with Crippen LogP contribution in [0.25, 0.3) is 0 Å². The third kappa shape index (κ3) is 4.78. The highest BCUT2D eigenvalue weighted by Crippen LogP contribution is 2.34. The smallest absolute Gasteiger partial charge is 0.243 e. The molecule has 1 aliphatic rings. The number of halogens is 1. The Balaban J connectivity index is 0.00000312. The van der Waals surface area contributed by atoms with Crippen LogP contribution in [0.3, 0.4) is 0 Å². The molecule has 1 heterocycles. The average molecular weight is 393 g/mol. The van der Waals surface area contributed by atoms with Gasteiger partial charge in [0.15, 0.2) is 11.5 Å². The van der Waals surface area contributed by atoms with Gasteiger partial charge in [-0.3, -0.25) is 0 Å². The Hall–Kier alpha value is -1.02. The molecule has 2 rings (SSSR count). The van der Waals surface area contributed by atoms with Crippen LogP contribution in [0.5, 0.6) is 11.5 Å². The van der Waals surface area contributed by atoms with Crippen LogP contribution in [0.2, 0.25) is 0 Å². The van der Waals surface area contributed by atoms with Gasteiger partial charge in [-0.1, -0.05) is 6.92 Å². The van der Waals surface area contributed by atoms with Crippen LogP contribution in [0, 0.1) is 5.92 Å². The maximum absolute atomic E-state index is 13.1. The maximum Gasteiger partial charge on any atom is 0.243 e. The summed E-state index contributed by atoms with van der Waals surface area (Å²) in [4.78, 5) is 0.224. The molecule has 1 fully saturated rings. The highest BCUT2D eigenvalue weighted by Gasteiger charge is 2.36. The summed E-state index contributed by atoms with van der Waals surface area (Å²) in [5, 5.41) is 0. The summed E-state index contributed by atoms with van der Waals surface area (Å²) < 4.78 is 38.8. The Morgan fingerprint density at radius 2 is 1.84 bits per heavy atom. The fraction of sp³-hybridized carbons (Fsp3) is 0.647. The second-order valence-electron chi connectivity index (χ2n) is 6.01. The molecule has 1 aromatic carbocycles. The zero-order chi connectivity index (χ0) is 17.7. The summed E-state index contributed by atoms with van der Waals surface area (Å²) in [7, 11) is -3.61. The van der Waals surface area contributed by atoms with Crippen molar-refractivity contribution in [2.24, 2.45) is 11.7 Å². The number of hydrogen-bond acceptors (Lipinski definition) is 5. The summed E-state index contributed by atoms with van der Waals surface area (Å²) >= 11 is 0. The maximum atomic E-state index is 13.1. The second kappa shape index (κ2) is 9.62. The number of piperidine rings is 1. The minimum absolute atomic E-state index is 0. The van der Waals surface area contributed by atoms with E-state index in [-0.39, 0.29) is 29.3 Å². The number of hydrogen-bond donors (Lipinski definition) is 1. The van der Waals surface area contributed by atoms with Gasteiger partial charge in [-0.25, -0.2) is 8.42 Å². The molecule has 2 atom stereocenters. The molecule has 8 heteroatoms. The van der Waals surface area contributed by atoms with Crippen molar-refractivity contribution in [1.29, 1.82) is 0 Å². The standard InChI is InChI=1S/C17H28N2O4S.ClH/c1-4-22-16-9-8-14(11-17(16)23-5-2)24(20,21)19-10-6-7-13(3)15(19)12-18;/h8-9,11,13,15H,4-7,10,12,18H2,1-3H3;1H. The molecule has 0 spiro atoms. The minimum atomic E-state index is -3.61. The Morgan fingerprint density at radius 1 is 1.20 bits per heavy atom. The van der Waals surface area contributed by atoms with E-state index in [1.165, 1.54) is 0 Å². The first-order valence-corrected chi connectivity index (χ1v) is 10.0. The van der Waals surface area contributed by atoms with Crippen molar-refractivity contribution in [3.8, 4) is 11.5 Å². The third-order valence-corrected chi connectivity index (χ3v) is 6.35. The molecule has 0 radical (unpaired) electrons. The van der Waals surface area contributed by atoms with Crippen LogP contribution in [-0.4, -0.2) is 45.1 Å². The van der Waals surface area contributed by atoms with Crippen molar-refractivity contribution in [3.05, 3.63) is 18.2 Å². The first kappa shape index (κ1) is 22.0. The Morgan fingerprint density at radius 3 is 2.44 bits per heavy atom. The molecule has 2 unspecified atom stereocenters. The molecule has 0 aliphatic carbocycles. The molecular formula is C17H29ClN2O4S. The minimum Gasteiger partial charge on any atom is -0.490 e. The van der Waals surface area contributed by atoms with E-state index in [4.69, 9.17) is 15.2 Å². The van der Waals surface area contributed by atoms with Gasteiger partial charge in [0.05, 0.1) is 18.1 Å². The van der Waals surface area contributed by atoms with Gasteiger partial charge in [0.25, 0.3) is 0 Å². The van der Waals surface area contributed by atoms with Crippen LogP contribution in [-0.2, 0) is 10.0 Å². The van der Waals surface area contributed by atoms with E-state index in [1.807, 2.05) is 13.8 Å². The van der Waals surface area contributed by atoms with Gasteiger partial charge in [-0.2, -0.15) is 4.31 Å². The lowest BCUT2D eigenvalue weighted by Crippen LogP contribution is -2.51. The molecule has 6 nitrogen and oxygen atoms in total. The highest BCUT2D eigenvalue weighted by atomic mass is 35.5. The van der Waals surface area contributed by atoms with E-state index in [2.05, 4.69) is 6.92 Å². The van der Waals surface area contributed by atoms with E-state index >= 15 is 0 Å². The SMILES string of the molecule is CCOc1ccc(S(=O)(=O)N2CCCC(C)C2CN)cc1OCC.Cl. The lowest BCUT2D eigenvalue weighted by atomic mass is 9.93. The highest BCUT2D eigenvalue weighted by molar-refractivity contribution is 7.89. The summed E-state index contributed by atoms with van der Waals surface area (Å²) in [5.74, 6) is 1.27. The molecule has 1 saturated heterocycles. The molecule has 25 heavy (non-hydrogen) atoms. The van der Waals surface area contributed by atoms with Crippen LogP contribution >= 0.6 is 12.4 Å². The summed E-state index contributed by atoms with van der Waals surface area (Å²) in [5.41, 5.74) is 5.85. The molecule has 144 valence electrons. The van der Waals surface area contributed by atoms with E-state index in [9.17, 15) is 8.42 Å². The first-order chi connectivity index (χ1) is 11.5. The second-order valence-corrected chi connectivity index (χ2v) is 7.90. The van der Waals surface area contributed by atoms with Crippen molar-refractivity contribution in [2.45, 2.75) is 44.6 Å². The largest absolute Gasteiger partial charge is 0.490 e. The number of nitrogens with zero attached hydrogens (tertiary/aromatic N) is 1. The lowest BCUT2D eigenvalue weighted by Gasteiger charge is -2.38. The van der Waals surface area contributed by atoms with Gasteiger partial charge in [-0.05, 0) is 44.7 Å². The topological polar surface area (TPSA) is 81.9 Å². The Bertz CT molecular complexity index is 654. The van der Waals surface area contributed by atoms with Gasteiger partial charge in [0.1, 0.15) is 0 Å². The summed E-state index contributed by atoms with van der Waals surface area (Å²) in [6.07, 6.45) is 1.85. The van der Waals surface area contributed by atoms with Crippen molar-refractivity contribution in [1.82, 2.24) is 4.31 Å². The monoisotopic (exact) mass is 392 g/mol. The van der Waals surface area contributed by atoms with Crippen molar-refractivity contribution in [3.63, 3.8) is 0 Å². The number of sulfonamides is 1. The normalized spacial score (nSPS) is 21.4. The van der Waals surface area contributed by atoms with Gasteiger partial charge in [-0.15, -0.1) is 12.4 Å². The van der Waals surface area contributed by atoms with Crippen LogP contribution < -0.4 is 15.2 Å². The van der Waals surface area contributed by atoms with E-state index in [0.29, 0.717) is 37.8 Å². The van der Waals surface area contributed by atoms with Gasteiger partial charge >= 0.3 is 0 Å². The van der Waals surface area contributed by atoms with Crippen molar-refractivity contribution >= 4 is 22.4 Å². The zero-order valence-corrected chi connectivity index (χ0v) is 16.7. The molecule has 0 saturated carbocycles. The zero-order valence-electron chi connectivity index (χ0n) is 15.1. The number of nitrogens with two attached hydrogens (primary N) is 1. The lowest BCUT2D eigenvalue weighted by molar-refractivity contribution is 0.192. The number of ether oxygens (including phenoxy) is 2. The predicted molar refractivity (Wildman–Crippen MR) is 101 cm³/mol. The molecular weight excluding hydrogens is 364 g/mol. The fourth-order valence-corrected chi connectivity index (χ4v) is 4.97. The summed E-state index contributed by atoms with van der Waals surface area (Å²) in [6.45, 7) is 7.56. The number of benzene rings is 1. The Labute approximate surface area is 157 Å². The molecule has 0 amide bonds. The molecule has 1 aromatic rings. The van der Waals surface area contributed by atoms with Gasteiger partial charge < -0.3 is 15.2 Å². The van der Waals surface area contributed by atoms with Crippen LogP contribution in [0.1, 0.15) is 33.6 Å². The molecule has 1 aliphatic heterocycles. The average Bonchev–Trinajstić information content (AvgIpc) is 2.56. The van der Waals surface area contributed by atoms with Crippen molar-refractivity contribution in [2.75, 3.05) is 26.3 Å². The molecule has 0 bridgehead atoms. The summed E-state index contributed by atoms with van der Waals surface area (Å²) in [6, 6.07) is 4.63. The fourth-order valence-electron chi connectivity index (χ4n) is 3.19.